The maximum atomic E-state index is 12.0. The highest BCUT2D eigenvalue weighted by Gasteiger charge is 2.13. The quantitative estimate of drug-likeness (QED) is 0.591. The van der Waals surface area contributed by atoms with Gasteiger partial charge in [0.05, 0.1) is 5.69 Å². The second-order valence-corrected chi connectivity index (χ2v) is 2.17. The molecule has 0 radical (unpaired) electrons. The number of hydrogen-bond donors (Lipinski definition) is 3. The average Bonchev–Trinajstić information content (AvgIpc) is 1.99. The minimum absolute atomic E-state index is 0.196. The van der Waals surface area contributed by atoms with E-state index in [1.807, 2.05) is 0 Å². The Morgan fingerprint density at radius 1 is 1.42 bits per heavy atom. The van der Waals surface area contributed by atoms with Gasteiger partial charge >= 0.3 is 0 Å². The van der Waals surface area contributed by atoms with Crippen LogP contribution in [0.1, 0.15) is 12.1 Å². The Bertz CT molecular complexity index is 280. The van der Waals surface area contributed by atoms with Gasteiger partial charge in [-0.15, -0.1) is 0 Å². The number of pyridine rings is 1. The molecule has 1 heterocycles. The lowest BCUT2D eigenvalue weighted by Gasteiger charge is -2.04. The molecule has 1 aromatic rings. The van der Waals surface area contributed by atoms with Crippen molar-refractivity contribution in [3.63, 3.8) is 0 Å². The normalized spacial score (nSPS) is 10.6. The number of nitrogens with two attached hydrogens (primary N) is 2. The molecule has 5 N–H and O–H groups in total. The molecule has 0 bridgehead atoms. The van der Waals surface area contributed by atoms with E-state index in [0.717, 1.165) is 6.07 Å². The first kappa shape index (κ1) is 8.51. The molecule has 1 aromatic heterocycles. The summed E-state index contributed by atoms with van der Waals surface area (Å²) in [6.45, 7) is 0. The number of halogens is 2. The van der Waals surface area contributed by atoms with Gasteiger partial charge in [-0.05, 0) is 6.07 Å². The zero-order valence-corrected chi connectivity index (χ0v) is 5.96. The Labute approximate surface area is 66.8 Å². The lowest BCUT2D eigenvalue weighted by molar-refractivity contribution is 0.146. The first-order chi connectivity index (χ1) is 5.52. The molecule has 0 aromatic carbocycles. The zero-order chi connectivity index (χ0) is 9.30. The Balaban J connectivity index is 3.21. The highest BCUT2D eigenvalue weighted by molar-refractivity contribution is 5.63. The van der Waals surface area contributed by atoms with Crippen molar-refractivity contribution >= 4 is 11.5 Å². The van der Waals surface area contributed by atoms with E-state index < -0.39 is 17.9 Å². The van der Waals surface area contributed by atoms with Gasteiger partial charge in [0, 0.05) is 0 Å². The standard InChI is InChI=1S/C6H7F2N3O/c7-5(8)3-1-2(9)4(12)6(10)11-3/h1,5,12H,(H4,9,10,11). The van der Waals surface area contributed by atoms with Crippen LogP contribution in [0.2, 0.25) is 0 Å². The molecule has 1 rings (SSSR count). The Hall–Kier alpha value is -1.59. The molecule has 0 amide bonds. The molecule has 0 atom stereocenters. The van der Waals surface area contributed by atoms with Gasteiger partial charge in [0.15, 0.2) is 11.6 Å². The summed E-state index contributed by atoms with van der Waals surface area (Å²) in [6, 6.07) is 0.885. The molecule has 0 aliphatic rings. The monoisotopic (exact) mass is 175 g/mol. The summed E-state index contributed by atoms with van der Waals surface area (Å²) >= 11 is 0. The fourth-order valence-electron chi connectivity index (χ4n) is 0.712. The lowest BCUT2D eigenvalue weighted by Crippen LogP contribution is -2.00. The molecule has 0 unspecified atom stereocenters. The maximum absolute atomic E-state index is 12.0. The van der Waals surface area contributed by atoms with Crippen LogP contribution in [0.3, 0.4) is 0 Å². The molecular weight excluding hydrogens is 168 g/mol. The number of nitrogens with zero attached hydrogens (tertiary/aromatic N) is 1. The summed E-state index contributed by atoms with van der Waals surface area (Å²) in [4.78, 5) is 3.23. The van der Waals surface area contributed by atoms with Crippen LogP contribution in [-0.2, 0) is 0 Å². The second kappa shape index (κ2) is 2.80. The molecule has 0 fully saturated rings. The molecular formula is C6H7F2N3O. The van der Waals surface area contributed by atoms with Gasteiger partial charge in [-0.25, -0.2) is 13.8 Å². The molecule has 66 valence electrons. The number of nitrogen functional groups attached to an aromatic ring is 2. The van der Waals surface area contributed by atoms with Gasteiger partial charge in [0.1, 0.15) is 5.69 Å². The summed E-state index contributed by atoms with van der Waals surface area (Å²) in [5, 5.41) is 8.96. The van der Waals surface area contributed by atoms with E-state index in [1.54, 1.807) is 0 Å². The fourth-order valence-corrected chi connectivity index (χ4v) is 0.712. The number of aromatic nitrogens is 1. The van der Waals surface area contributed by atoms with Crippen molar-refractivity contribution in [1.82, 2.24) is 4.98 Å². The summed E-state index contributed by atoms with van der Waals surface area (Å²) in [5.41, 5.74) is 9.51. The van der Waals surface area contributed by atoms with E-state index in [4.69, 9.17) is 16.6 Å². The Kier molecular flexibility index (Phi) is 1.99. The molecule has 0 aliphatic heterocycles. The second-order valence-electron chi connectivity index (χ2n) is 2.17. The number of anilines is 2. The van der Waals surface area contributed by atoms with Crippen LogP contribution >= 0.6 is 0 Å². The van der Waals surface area contributed by atoms with Gasteiger partial charge in [0.25, 0.3) is 6.43 Å². The van der Waals surface area contributed by atoms with Gasteiger partial charge in [-0.2, -0.15) is 0 Å². The van der Waals surface area contributed by atoms with Gasteiger partial charge in [-0.3, -0.25) is 0 Å². The minimum Gasteiger partial charge on any atom is -0.503 e. The smallest absolute Gasteiger partial charge is 0.280 e. The summed E-state index contributed by atoms with van der Waals surface area (Å²) < 4.78 is 24.0. The van der Waals surface area contributed by atoms with Crippen LogP contribution in [0, 0.1) is 0 Å². The van der Waals surface area contributed by atoms with Crippen molar-refractivity contribution in [1.29, 1.82) is 0 Å². The summed E-state index contributed by atoms with van der Waals surface area (Å²) in [7, 11) is 0. The first-order valence-electron chi connectivity index (χ1n) is 3.05. The van der Waals surface area contributed by atoms with E-state index in [9.17, 15) is 8.78 Å². The minimum atomic E-state index is -2.74. The van der Waals surface area contributed by atoms with E-state index in [0.29, 0.717) is 0 Å². The van der Waals surface area contributed by atoms with Crippen LogP contribution < -0.4 is 11.5 Å². The van der Waals surface area contributed by atoms with E-state index in [-0.39, 0.29) is 11.5 Å². The summed E-state index contributed by atoms with van der Waals surface area (Å²) in [5.74, 6) is -0.843. The fraction of sp³-hybridized carbons (Fsp3) is 0.167. The zero-order valence-electron chi connectivity index (χ0n) is 5.96. The molecule has 0 saturated carbocycles. The van der Waals surface area contributed by atoms with Crippen LogP contribution in [0.15, 0.2) is 6.07 Å². The highest BCUT2D eigenvalue weighted by atomic mass is 19.3. The molecule has 0 spiro atoms. The number of hydrogen-bond acceptors (Lipinski definition) is 4. The Morgan fingerprint density at radius 3 is 2.42 bits per heavy atom. The van der Waals surface area contributed by atoms with Crippen molar-refractivity contribution in [3.8, 4) is 5.75 Å². The number of rotatable bonds is 1. The van der Waals surface area contributed by atoms with Crippen molar-refractivity contribution < 1.29 is 13.9 Å². The third-order valence-corrected chi connectivity index (χ3v) is 1.29. The topological polar surface area (TPSA) is 85.2 Å². The molecule has 12 heavy (non-hydrogen) atoms. The average molecular weight is 175 g/mol. The summed E-state index contributed by atoms with van der Waals surface area (Å²) in [6.07, 6.45) is -2.74. The van der Waals surface area contributed by atoms with Gasteiger partial charge in [-0.1, -0.05) is 0 Å². The predicted octanol–water partition coefficient (Wildman–Crippen LogP) is 0.889. The van der Waals surface area contributed by atoms with E-state index >= 15 is 0 Å². The van der Waals surface area contributed by atoms with Crippen molar-refractivity contribution in [2.24, 2.45) is 0 Å². The number of aromatic hydroxyl groups is 1. The van der Waals surface area contributed by atoms with Crippen molar-refractivity contribution in [2.45, 2.75) is 6.43 Å². The van der Waals surface area contributed by atoms with Crippen LogP contribution in [0.25, 0.3) is 0 Å². The third-order valence-electron chi connectivity index (χ3n) is 1.29. The van der Waals surface area contributed by atoms with Crippen LogP contribution in [0.5, 0.6) is 5.75 Å². The van der Waals surface area contributed by atoms with Crippen molar-refractivity contribution in [3.05, 3.63) is 11.8 Å². The van der Waals surface area contributed by atoms with Gasteiger partial charge in [0.2, 0.25) is 0 Å². The first-order valence-corrected chi connectivity index (χ1v) is 3.05. The lowest BCUT2D eigenvalue weighted by atomic mass is 10.3. The van der Waals surface area contributed by atoms with E-state index in [1.165, 1.54) is 0 Å². The molecule has 4 nitrogen and oxygen atoms in total. The maximum Gasteiger partial charge on any atom is 0.280 e. The molecule has 0 saturated heterocycles. The van der Waals surface area contributed by atoms with Crippen LogP contribution in [-0.4, -0.2) is 10.1 Å². The molecule has 0 aliphatic carbocycles. The third kappa shape index (κ3) is 1.36. The predicted molar refractivity (Wildman–Crippen MR) is 39.7 cm³/mol. The highest BCUT2D eigenvalue weighted by Crippen LogP contribution is 2.29. The Morgan fingerprint density at radius 2 is 2.00 bits per heavy atom. The SMILES string of the molecule is Nc1cc(C(F)F)nc(N)c1O. The largest absolute Gasteiger partial charge is 0.503 e. The number of alkyl halides is 2. The van der Waals surface area contributed by atoms with Crippen LogP contribution in [0.4, 0.5) is 20.3 Å². The van der Waals surface area contributed by atoms with Gasteiger partial charge < -0.3 is 16.6 Å². The van der Waals surface area contributed by atoms with Crippen molar-refractivity contribution in [2.75, 3.05) is 11.5 Å². The van der Waals surface area contributed by atoms with E-state index in [2.05, 4.69) is 4.98 Å². The molecule has 6 heteroatoms.